The maximum atomic E-state index is 13.0. The molecule has 4 rings (SSSR count). The van der Waals surface area contributed by atoms with Gasteiger partial charge in [0.2, 0.25) is 0 Å². The highest BCUT2D eigenvalue weighted by Gasteiger charge is 2.38. The molecule has 0 spiro atoms. The number of ether oxygens (including phenoxy) is 1. The molecule has 146 valence electrons. The molecule has 0 fully saturated rings. The highest BCUT2D eigenvalue weighted by atomic mass is 32.1. The van der Waals surface area contributed by atoms with Crippen LogP contribution >= 0.6 is 11.3 Å². The van der Waals surface area contributed by atoms with Crippen LogP contribution in [0.5, 0.6) is 5.75 Å². The van der Waals surface area contributed by atoms with Crippen molar-refractivity contribution >= 4 is 39.9 Å². The summed E-state index contributed by atoms with van der Waals surface area (Å²) in [6.45, 7) is 4.12. The van der Waals surface area contributed by atoms with Gasteiger partial charge in [0, 0.05) is 16.6 Å². The second-order valence-electron chi connectivity index (χ2n) is 6.34. The first-order valence-electron chi connectivity index (χ1n) is 8.98. The number of nitrogens with one attached hydrogen (secondary N) is 1. The fraction of sp³-hybridized carbons (Fsp3) is 0.143. The zero-order valence-electron chi connectivity index (χ0n) is 15.8. The van der Waals surface area contributed by atoms with Crippen LogP contribution in [0.4, 0.5) is 10.8 Å². The van der Waals surface area contributed by atoms with Gasteiger partial charge in [0.25, 0.3) is 17.7 Å². The number of amides is 3. The van der Waals surface area contributed by atoms with E-state index in [1.807, 2.05) is 13.8 Å². The molecule has 0 unspecified atom stereocenters. The van der Waals surface area contributed by atoms with Gasteiger partial charge in [-0.3, -0.25) is 19.7 Å². The standard InChI is InChI=1S/C21H17N3O4S/c1-3-28-17-7-5-4-6-16(17)24-19(26)14-9-8-13(10-15(14)20(24)27)18(25)23-21-22-11-12(2)29-21/h4-11H,3H2,1-2H3,(H,22,23,25). The Balaban J connectivity index is 1.65. The minimum atomic E-state index is -0.489. The molecule has 0 atom stereocenters. The van der Waals surface area contributed by atoms with Crippen LogP contribution in [0.3, 0.4) is 0 Å². The van der Waals surface area contributed by atoms with E-state index < -0.39 is 17.7 Å². The normalized spacial score (nSPS) is 12.8. The average molecular weight is 407 g/mol. The third-order valence-electron chi connectivity index (χ3n) is 4.40. The summed E-state index contributed by atoms with van der Waals surface area (Å²) in [6.07, 6.45) is 1.67. The fourth-order valence-electron chi connectivity index (χ4n) is 3.10. The van der Waals surface area contributed by atoms with E-state index in [1.165, 1.54) is 29.5 Å². The number of rotatable bonds is 5. The van der Waals surface area contributed by atoms with Gasteiger partial charge < -0.3 is 4.74 Å². The fourth-order valence-corrected chi connectivity index (χ4v) is 3.76. The largest absolute Gasteiger partial charge is 0.492 e. The second-order valence-corrected chi connectivity index (χ2v) is 7.57. The van der Waals surface area contributed by atoms with Gasteiger partial charge in [0.15, 0.2) is 5.13 Å². The number of fused-ring (bicyclic) bond motifs is 1. The number of para-hydroxylation sites is 2. The quantitative estimate of drug-likeness (QED) is 0.648. The minimum Gasteiger partial charge on any atom is -0.492 e. The second kappa shape index (κ2) is 7.48. The van der Waals surface area contributed by atoms with E-state index in [4.69, 9.17) is 4.74 Å². The number of benzene rings is 2. The molecule has 1 aromatic heterocycles. The van der Waals surface area contributed by atoms with Crippen LogP contribution in [0.1, 0.15) is 42.9 Å². The first kappa shape index (κ1) is 18.8. The van der Waals surface area contributed by atoms with Gasteiger partial charge in [-0.15, -0.1) is 11.3 Å². The first-order chi connectivity index (χ1) is 14.0. The SMILES string of the molecule is CCOc1ccccc1N1C(=O)c2ccc(C(=O)Nc3ncc(C)s3)cc2C1=O. The van der Waals surface area contributed by atoms with Crippen LogP contribution in [-0.2, 0) is 0 Å². The Labute approximate surface area is 170 Å². The Kier molecular flexibility index (Phi) is 4.85. The molecular formula is C21H17N3O4S. The third kappa shape index (κ3) is 3.38. The topological polar surface area (TPSA) is 88.6 Å². The van der Waals surface area contributed by atoms with E-state index >= 15 is 0 Å². The molecule has 1 aliphatic rings. The number of aryl methyl sites for hydroxylation is 1. The van der Waals surface area contributed by atoms with E-state index in [0.717, 1.165) is 9.78 Å². The lowest BCUT2D eigenvalue weighted by Crippen LogP contribution is -2.29. The van der Waals surface area contributed by atoms with Crippen molar-refractivity contribution in [3.63, 3.8) is 0 Å². The van der Waals surface area contributed by atoms with E-state index in [0.29, 0.717) is 23.2 Å². The molecule has 0 bridgehead atoms. The summed E-state index contributed by atoms with van der Waals surface area (Å²) >= 11 is 1.35. The molecule has 1 N–H and O–H groups in total. The number of aromatic nitrogens is 1. The Morgan fingerprint density at radius 3 is 2.62 bits per heavy atom. The van der Waals surface area contributed by atoms with Gasteiger partial charge in [-0.05, 0) is 44.2 Å². The summed E-state index contributed by atoms with van der Waals surface area (Å²) in [6, 6.07) is 11.3. The number of thiazole rings is 1. The Bertz CT molecular complexity index is 1140. The molecule has 3 aromatic rings. The number of anilines is 2. The van der Waals surface area contributed by atoms with Crippen LogP contribution in [0.15, 0.2) is 48.7 Å². The molecule has 2 heterocycles. The van der Waals surface area contributed by atoms with Crippen molar-refractivity contribution in [3.8, 4) is 5.75 Å². The lowest BCUT2D eigenvalue weighted by Gasteiger charge is -2.17. The number of carbonyl (C=O) groups is 3. The van der Waals surface area contributed by atoms with Gasteiger partial charge in [0.05, 0.1) is 23.4 Å². The van der Waals surface area contributed by atoms with Crippen LogP contribution in [-0.4, -0.2) is 29.3 Å². The summed E-state index contributed by atoms with van der Waals surface area (Å²) in [7, 11) is 0. The van der Waals surface area contributed by atoms with E-state index in [1.54, 1.807) is 30.5 Å². The Hall–Kier alpha value is -3.52. The average Bonchev–Trinajstić information content (AvgIpc) is 3.23. The van der Waals surface area contributed by atoms with Crippen molar-refractivity contribution < 1.29 is 19.1 Å². The van der Waals surface area contributed by atoms with E-state index in [9.17, 15) is 14.4 Å². The van der Waals surface area contributed by atoms with Crippen molar-refractivity contribution in [1.29, 1.82) is 0 Å². The molecule has 0 aliphatic carbocycles. The van der Waals surface area contributed by atoms with Gasteiger partial charge in [-0.1, -0.05) is 12.1 Å². The maximum Gasteiger partial charge on any atom is 0.266 e. The number of carbonyl (C=O) groups excluding carboxylic acids is 3. The first-order valence-corrected chi connectivity index (χ1v) is 9.79. The molecule has 0 saturated heterocycles. The number of nitrogens with zero attached hydrogens (tertiary/aromatic N) is 2. The predicted molar refractivity (Wildman–Crippen MR) is 110 cm³/mol. The van der Waals surface area contributed by atoms with Crippen molar-refractivity contribution in [3.05, 3.63) is 70.2 Å². The van der Waals surface area contributed by atoms with Crippen molar-refractivity contribution in [1.82, 2.24) is 4.98 Å². The lowest BCUT2D eigenvalue weighted by molar-refractivity contribution is 0.0924. The van der Waals surface area contributed by atoms with Gasteiger partial charge in [-0.25, -0.2) is 9.88 Å². The summed E-state index contributed by atoms with van der Waals surface area (Å²) in [5.74, 6) is -0.881. The smallest absolute Gasteiger partial charge is 0.266 e. The monoisotopic (exact) mass is 407 g/mol. The molecule has 1 aliphatic heterocycles. The Morgan fingerprint density at radius 2 is 1.90 bits per heavy atom. The molecule has 2 aromatic carbocycles. The van der Waals surface area contributed by atoms with Crippen LogP contribution in [0.2, 0.25) is 0 Å². The van der Waals surface area contributed by atoms with E-state index in [-0.39, 0.29) is 16.7 Å². The molecular weight excluding hydrogens is 390 g/mol. The van der Waals surface area contributed by atoms with Gasteiger partial charge >= 0.3 is 0 Å². The highest BCUT2D eigenvalue weighted by Crippen LogP contribution is 2.35. The molecule has 8 heteroatoms. The molecule has 3 amide bonds. The van der Waals surface area contributed by atoms with Crippen molar-refractivity contribution in [2.45, 2.75) is 13.8 Å². The van der Waals surface area contributed by atoms with Crippen molar-refractivity contribution in [2.24, 2.45) is 0 Å². The number of hydrogen-bond acceptors (Lipinski definition) is 6. The summed E-state index contributed by atoms with van der Waals surface area (Å²) in [4.78, 5) is 44.6. The van der Waals surface area contributed by atoms with Gasteiger partial charge in [-0.2, -0.15) is 0 Å². The Morgan fingerprint density at radius 1 is 1.14 bits per heavy atom. The number of imide groups is 1. The van der Waals surface area contributed by atoms with Crippen LogP contribution in [0, 0.1) is 6.92 Å². The minimum absolute atomic E-state index is 0.185. The summed E-state index contributed by atoms with van der Waals surface area (Å²) in [5, 5.41) is 3.18. The molecule has 0 saturated carbocycles. The molecule has 0 radical (unpaired) electrons. The zero-order valence-corrected chi connectivity index (χ0v) is 16.6. The van der Waals surface area contributed by atoms with Crippen LogP contribution in [0.25, 0.3) is 0 Å². The summed E-state index contributed by atoms with van der Waals surface area (Å²) < 4.78 is 5.56. The molecule has 7 nitrogen and oxygen atoms in total. The van der Waals surface area contributed by atoms with Gasteiger partial charge in [0.1, 0.15) is 5.75 Å². The zero-order chi connectivity index (χ0) is 20.5. The maximum absolute atomic E-state index is 13.0. The highest BCUT2D eigenvalue weighted by molar-refractivity contribution is 7.15. The van der Waals surface area contributed by atoms with Crippen LogP contribution < -0.4 is 15.0 Å². The number of hydrogen-bond donors (Lipinski definition) is 1. The lowest BCUT2D eigenvalue weighted by atomic mass is 10.1. The summed E-state index contributed by atoms with van der Waals surface area (Å²) in [5.41, 5.74) is 1.09. The predicted octanol–water partition coefficient (Wildman–Crippen LogP) is 3.90. The molecule has 29 heavy (non-hydrogen) atoms. The van der Waals surface area contributed by atoms with E-state index in [2.05, 4.69) is 10.3 Å². The van der Waals surface area contributed by atoms with Crippen molar-refractivity contribution in [2.75, 3.05) is 16.8 Å². The third-order valence-corrected chi connectivity index (χ3v) is 5.22.